The average molecular weight is 503 g/mol. The zero-order valence-electron chi connectivity index (χ0n) is 19.9. The molecule has 0 unspecified atom stereocenters. The Morgan fingerprint density at radius 3 is 2.25 bits per heavy atom. The zero-order chi connectivity index (χ0) is 25.5. The fraction of sp³-hybridized carbons (Fsp3) is 0.107. The molecule has 0 saturated heterocycles. The maximum absolute atomic E-state index is 13.1. The van der Waals surface area contributed by atoms with Crippen molar-refractivity contribution < 1.29 is 22.7 Å². The Balaban J connectivity index is 1.48. The highest BCUT2D eigenvalue weighted by molar-refractivity contribution is 7.92. The second-order valence-corrected chi connectivity index (χ2v) is 9.72. The third-order valence-corrected chi connectivity index (χ3v) is 6.85. The van der Waals surface area contributed by atoms with Crippen LogP contribution in [0.1, 0.15) is 21.5 Å². The highest BCUT2D eigenvalue weighted by Gasteiger charge is 2.19. The molecule has 36 heavy (non-hydrogen) atoms. The number of aryl methyl sites for hydroxylation is 1. The molecule has 0 aromatic heterocycles. The molecule has 7 nitrogen and oxygen atoms in total. The van der Waals surface area contributed by atoms with Crippen LogP contribution in [0.15, 0.2) is 102 Å². The molecule has 0 fully saturated rings. The summed E-state index contributed by atoms with van der Waals surface area (Å²) in [6.45, 7) is 2.24. The van der Waals surface area contributed by atoms with Crippen LogP contribution in [-0.4, -0.2) is 21.4 Å². The molecule has 1 amide bonds. The summed E-state index contributed by atoms with van der Waals surface area (Å²) >= 11 is 0. The molecule has 0 aliphatic heterocycles. The molecule has 2 N–H and O–H groups in total. The van der Waals surface area contributed by atoms with Crippen molar-refractivity contribution in [2.45, 2.75) is 18.4 Å². The number of hydrogen-bond acceptors (Lipinski definition) is 5. The number of hydrogen-bond donors (Lipinski definition) is 2. The Morgan fingerprint density at radius 2 is 1.56 bits per heavy atom. The molecular weight excluding hydrogens is 476 g/mol. The van der Waals surface area contributed by atoms with E-state index in [1.165, 1.54) is 25.3 Å². The van der Waals surface area contributed by atoms with Gasteiger partial charge in [-0.3, -0.25) is 9.52 Å². The second kappa shape index (κ2) is 11.0. The molecule has 0 aliphatic carbocycles. The maximum Gasteiger partial charge on any atom is 0.261 e. The normalized spacial score (nSPS) is 10.9. The summed E-state index contributed by atoms with van der Waals surface area (Å²) in [5, 5.41) is 2.76. The Labute approximate surface area is 210 Å². The first-order valence-electron chi connectivity index (χ1n) is 11.2. The van der Waals surface area contributed by atoms with Gasteiger partial charge in [0.25, 0.3) is 15.9 Å². The Kier molecular flexibility index (Phi) is 7.56. The topological polar surface area (TPSA) is 93.7 Å². The lowest BCUT2D eigenvalue weighted by molar-refractivity contribution is 0.102. The largest absolute Gasteiger partial charge is 0.495 e. The summed E-state index contributed by atoms with van der Waals surface area (Å²) in [6, 6.07) is 27.8. The number of nitrogens with one attached hydrogen (secondary N) is 2. The predicted octanol–water partition coefficient (Wildman–Crippen LogP) is 5.64. The minimum atomic E-state index is -3.94. The molecule has 0 spiro atoms. The van der Waals surface area contributed by atoms with Gasteiger partial charge in [0.05, 0.1) is 17.7 Å². The lowest BCUT2D eigenvalue weighted by Gasteiger charge is -2.14. The van der Waals surface area contributed by atoms with Gasteiger partial charge in [-0.05, 0) is 66.6 Å². The Bertz CT molecular complexity index is 1450. The van der Waals surface area contributed by atoms with Crippen molar-refractivity contribution in [2.75, 3.05) is 17.1 Å². The van der Waals surface area contributed by atoms with E-state index >= 15 is 0 Å². The van der Waals surface area contributed by atoms with E-state index in [-0.39, 0.29) is 16.5 Å². The van der Waals surface area contributed by atoms with Crippen LogP contribution < -0.4 is 19.5 Å². The van der Waals surface area contributed by atoms with E-state index in [1.807, 2.05) is 49.4 Å². The van der Waals surface area contributed by atoms with E-state index in [4.69, 9.17) is 9.47 Å². The number of methoxy groups -OCH3 is 1. The number of anilines is 2. The van der Waals surface area contributed by atoms with Crippen LogP contribution in [0.4, 0.5) is 11.4 Å². The van der Waals surface area contributed by atoms with Crippen molar-refractivity contribution in [1.82, 2.24) is 0 Å². The predicted molar refractivity (Wildman–Crippen MR) is 140 cm³/mol. The molecular formula is C28H26N2O5S. The SMILES string of the molecule is COc1ccc(S(=O)(=O)Nc2ccc(OCc3ccccc3)cc2)cc1NC(=O)c1ccccc1C. The molecule has 0 atom stereocenters. The van der Waals surface area contributed by atoms with Gasteiger partial charge in [-0.1, -0.05) is 48.5 Å². The van der Waals surface area contributed by atoms with Crippen molar-refractivity contribution in [2.24, 2.45) is 0 Å². The molecule has 0 bridgehead atoms. The Morgan fingerprint density at radius 1 is 0.861 bits per heavy atom. The van der Waals surface area contributed by atoms with Crippen LogP contribution in [0.5, 0.6) is 11.5 Å². The van der Waals surface area contributed by atoms with E-state index in [9.17, 15) is 13.2 Å². The molecule has 0 heterocycles. The first kappa shape index (κ1) is 24.8. The summed E-state index contributed by atoms with van der Waals surface area (Å²) in [5.74, 6) is 0.600. The summed E-state index contributed by atoms with van der Waals surface area (Å²) in [7, 11) is -2.48. The molecule has 0 saturated carbocycles. The number of amides is 1. The van der Waals surface area contributed by atoms with Gasteiger partial charge >= 0.3 is 0 Å². The van der Waals surface area contributed by atoms with E-state index in [0.717, 1.165) is 11.1 Å². The van der Waals surface area contributed by atoms with Gasteiger partial charge < -0.3 is 14.8 Å². The number of benzene rings is 4. The zero-order valence-corrected chi connectivity index (χ0v) is 20.7. The van der Waals surface area contributed by atoms with Crippen molar-refractivity contribution in [3.8, 4) is 11.5 Å². The summed E-state index contributed by atoms with van der Waals surface area (Å²) in [6.07, 6.45) is 0. The first-order chi connectivity index (χ1) is 17.4. The van der Waals surface area contributed by atoms with Crippen molar-refractivity contribution in [3.63, 3.8) is 0 Å². The lowest BCUT2D eigenvalue weighted by Crippen LogP contribution is -2.16. The van der Waals surface area contributed by atoms with Gasteiger partial charge in [0.15, 0.2) is 0 Å². The maximum atomic E-state index is 13.1. The van der Waals surface area contributed by atoms with Gasteiger partial charge in [-0.2, -0.15) is 0 Å². The average Bonchev–Trinajstić information content (AvgIpc) is 2.89. The van der Waals surface area contributed by atoms with Gasteiger partial charge in [-0.25, -0.2) is 8.42 Å². The number of carbonyl (C=O) groups excluding carboxylic acids is 1. The second-order valence-electron chi connectivity index (χ2n) is 8.04. The van der Waals surface area contributed by atoms with Crippen LogP contribution in [0, 0.1) is 6.92 Å². The number of ether oxygens (including phenoxy) is 2. The molecule has 4 rings (SSSR count). The minimum Gasteiger partial charge on any atom is -0.495 e. The third-order valence-electron chi connectivity index (χ3n) is 5.47. The molecule has 8 heteroatoms. The summed E-state index contributed by atoms with van der Waals surface area (Å²) < 4.78 is 39.8. The van der Waals surface area contributed by atoms with E-state index < -0.39 is 10.0 Å². The summed E-state index contributed by atoms with van der Waals surface area (Å²) in [5.41, 5.74) is 2.95. The smallest absolute Gasteiger partial charge is 0.261 e. The van der Waals surface area contributed by atoms with Gasteiger partial charge in [-0.15, -0.1) is 0 Å². The van der Waals surface area contributed by atoms with Gasteiger partial charge in [0, 0.05) is 11.3 Å². The quantitative estimate of drug-likeness (QED) is 0.309. The lowest BCUT2D eigenvalue weighted by atomic mass is 10.1. The van der Waals surface area contributed by atoms with Gasteiger partial charge in [0.2, 0.25) is 0 Å². The van der Waals surface area contributed by atoms with E-state index in [2.05, 4.69) is 10.0 Å². The first-order valence-corrected chi connectivity index (χ1v) is 12.7. The molecule has 4 aromatic carbocycles. The number of rotatable bonds is 9. The molecule has 0 aliphatic rings. The standard InChI is InChI=1S/C28H26N2O5S/c1-20-8-6-7-11-25(20)28(31)29-26-18-24(16-17-27(26)34-2)36(32,33)30-22-12-14-23(15-13-22)35-19-21-9-4-3-5-10-21/h3-18,30H,19H2,1-2H3,(H,29,31). The fourth-order valence-electron chi connectivity index (χ4n) is 3.54. The van der Waals surface area contributed by atoms with Crippen LogP contribution in [0.3, 0.4) is 0 Å². The van der Waals surface area contributed by atoms with Crippen LogP contribution in [-0.2, 0) is 16.6 Å². The van der Waals surface area contributed by atoms with Crippen molar-refractivity contribution >= 4 is 27.3 Å². The molecule has 0 radical (unpaired) electrons. The van der Waals surface area contributed by atoms with Crippen LogP contribution in [0.2, 0.25) is 0 Å². The monoisotopic (exact) mass is 502 g/mol. The Hall–Kier alpha value is -4.30. The number of sulfonamides is 1. The van der Waals surface area contributed by atoms with E-state index in [0.29, 0.717) is 29.4 Å². The van der Waals surface area contributed by atoms with Crippen molar-refractivity contribution in [1.29, 1.82) is 0 Å². The highest BCUT2D eigenvalue weighted by Crippen LogP contribution is 2.29. The van der Waals surface area contributed by atoms with Gasteiger partial charge in [0.1, 0.15) is 18.1 Å². The summed E-state index contributed by atoms with van der Waals surface area (Å²) in [4.78, 5) is 12.8. The fourth-order valence-corrected chi connectivity index (χ4v) is 4.63. The number of carbonyl (C=O) groups is 1. The van der Waals surface area contributed by atoms with Crippen LogP contribution >= 0.6 is 0 Å². The molecule has 184 valence electrons. The van der Waals surface area contributed by atoms with Crippen molar-refractivity contribution in [3.05, 3.63) is 114 Å². The van der Waals surface area contributed by atoms with Crippen LogP contribution in [0.25, 0.3) is 0 Å². The third kappa shape index (κ3) is 6.03. The van der Waals surface area contributed by atoms with E-state index in [1.54, 1.807) is 36.4 Å². The minimum absolute atomic E-state index is 0.0206. The highest BCUT2D eigenvalue weighted by atomic mass is 32.2. The molecule has 4 aromatic rings.